The summed E-state index contributed by atoms with van der Waals surface area (Å²) >= 11 is 0. The number of esters is 1. The first-order valence-corrected chi connectivity index (χ1v) is 6.44. The van der Waals surface area contributed by atoms with Crippen molar-refractivity contribution in [1.82, 2.24) is 0 Å². The molecule has 1 aromatic rings. The fourth-order valence-corrected chi connectivity index (χ4v) is 2.58. The molecule has 1 atom stereocenters. The number of benzene rings is 1. The van der Waals surface area contributed by atoms with E-state index in [1.54, 1.807) is 0 Å². The summed E-state index contributed by atoms with van der Waals surface area (Å²) in [5, 5.41) is 0. The Balaban J connectivity index is 2.31. The Labute approximate surface area is 103 Å². The minimum Gasteiger partial charge on any atom is -0.469 e. The summed E-state index contributed by atoms with van der Waals surface area (Å²) in [7, 11) is 1.47. The van der Waals surface area contributed by atoms with Crippen LogP contribution in [-0.4, -0.2) is 13.1 Å². The van der Waals surface area contributed by atoms with Crippen LogP contribution in [0.2, 0.25) is 0 Å². The lowest BCUT2D eigenvalue weighted by molar-refractivity contribution is -0.142. The fourth-order valence-electron chi connectivity index (χ4n) is 2.58. The quantitative estimate of drug-likeness (QED) is 0.741. The highest BCUT2D eigenvalue weighted by Gasteiger charge is 2.27. The van der Waals surface area contributed by atoms with Crippen molar-refractivity contribution in [2.24, 2.45) is 0 Å². The van der Waals surface area contributed by atoms with Gasteiger partial charge >= 0.3 is 5.97 Å². The first-order chi connectivity index (χ1) is 8.27. The normalized spacial score (nSPS) is 17.3. The molecule has 17 heavy (non-hydrogen) atoms. The van der Waals surface area contributed by atoms with Crippen molar-refractivity contribution in [3.63, 3.8) is 0 Å². The Bertz CT molecular complexity index is 394. The zero-order valence-electron chi connectivity index (χ0n) is 10.6. The predicted molar refractivity (Wildman–Crippen MR) is 68.1 cm³/mol. The van der Waals surface area contributed by atoms with E-state index >= 15 is 0 Å². The van der Waals surface area contributed by atoms with Crippen LogP contribution in [0.15, 0.2) is 24.3 Å². The highest BCUT2D eigenvalue weighted by Crippen LogP contribution is 2.40. The molecule has 1 saturated carbocycles. The van der Waals surface area contributed by atoms with Gasteiger partial charge in [0.25, 0.3) is 0 Å². The molecule has 92 valence electrons. The van der Waals surface area contributed by atoms with Crippen LogP contribution in [0, 0.1) is 0 Å². The molecule has 0 heterocycles. The lowest BCUT2D eigenvalue weighted by atomic mass is 9.76. The SMILES string of the molecule is CCC(C(=O)OC)c1ccccc1C1CCC1. The molecule has 2 rings (SSSR count). The van der Waals surface area contributed by atoms with Gasteiger partial charge in [0, 0.05) is 0 Å². The Hall–Kier alpha value is -1.31. The maximum atomic E-state index is 11.8. The second-order valence-corrected chi connectivity index (χ2v) is 4.74. The van der Waals surface area contributed by atoms with E-state index < -0.39 is 0 Å². The van der Waals surface area contributed by atoms with Gasteiger partial charge in [0.15, 0.2) is 0 Å². The molecule has 0 N–H and O–H groups in total. The first kappa shape index (κ1) is 12.2. The van der Waals surface area contributed by atoms with Gasteiger partial charge in [0.2, 0.25) is 0 Å². The molecule has 2 nitrogen and oxygen atoms in total. The topological polar surface area (TPSA) is 26.3 Å². The van der Waals surface area contributed by atoms with E-state index in [9.17, 15) is 4.79 Å². The maximum Gasteiger partial charge on any atom is 0.313 e. The van der Waals surface area contributed by atoms with Crippen molar-refractivity contribution in [3.05, 3.63) is 35.4 Å². The van der Waals surface area contributed by atoms with Gasteiger partial charge in [0.05, 0.1) is 13.0 Å². The lowest BCUT2D eigenvalue weighted by Crippen LogP contribution is -2.18. The summed E-state index contributed by atoms with van der Waals surface area (Å²) in [4.78, 5) is 11.8. The summed E-state index contributed by atoms with van der Waals surface area (Å²) in [6.07, 6.45) is 4.63. The van der Waals surface area contributed by atoms with Crippen molar-refractivity contribution in [2.45, 2.75) is 44.4 Å². The molecule has 0 bridgehead atoms. The number of ether oxygens (including phenoxy) is 1. The third kappa shape index (κ3) is 2.36. The van der Waals surface area contributed by atoms with E-state index in [0.717, 1.165) is 6.42 Å². The third-order valence-corrected chi connectivity index (χ3v) is 3.81. The van der Waals surface area contributed by atoms with Gasteiger partial charge < -0.3 is 4.74 Å². The average molecular weight is 232 g/mol. The average Bonchev–Trinajstić information content (AvgIpc) is 2.29. The van der Waals surface area contributed by atoms with Crippen molar-refractivity contribution in [3.8, 4) is 0 Å². The minimum absolute atomic E-state index is 0.100. The molecule has 0 radical (unpaired) electrons. The van der Waals surface area contributed by atoms with Gasteiger partial charge in [0.1, 0.15) is 0 Å². The summed E-state index contributed by atoms with van der Waals surface area (Å²) in [5.74, 6) is 0.445. The summed E-state index contributed by atoms with van der Waals surface area (Å²) < 4.78 is 4.91. The van der Waals surface area contributed by atoms with Crippen molar-refractivity contribution < 1.29 is 9.53 Å². The number of rotatable bonds is 4. The van der Waals surface area contributed by atoms with Crippen LogP contribution in [0.25, 0.3) is 0 Å². The van der Waals surface area contributed by atoms with E-state index in [1.807, 2.05) is 13.0 Å². The number of carbonyl (C=O) groups is 1. The zero-order chi connectivity index (χ0) is 12.3. The largest absolute Gasteiger partial charge is 0.469 e. The molecule has 1 aliphatic rings. The van der Waals surface area contributed by atoms with Gasteiger partial charge in [-0.25, -0.2) is 0 Å². The van der Waals surface area contributed by atoms with E-state index in [0.29, 0.717) is 5.92 Å². The Kier molecular flexibility index (Phi) is 3.82. The molecule has 0 aliphatic heterocycles. The van der Waals surface area contributed by atoms with Gasteiger partial charge in [-0.05, 0) is 36.3 Å². The molecule has 0 spiro atoms. The molecular formula is C15H20O2. The highest BCUT2D eigenvalue weighted by atomic mass is 16.5. The number of carbonyl (C=O) groups excluding carboxylic acids is 1. The Morgan fingerprint density at radius 3 is 2.65 bits per heavy atom. The maximum absolute atomic E-state index is 11.8. The number of hydrogen-bond acceptors (Lipinski definition) is 2. The smallest absolute Gasteiger partial charge is 0.313 e. The van der Waals surface area contributed by atoms with Crippen LogP contribution in [0.4, 0.5) is 0 Å². The molecule has 0 amide bonds. The van der Waals surface area contributed by atoms with Gasteiger partial charge in [-0.3, -0.25) is 4.79 Å². The van der Waals surface area contributed by atoms with Crippen LogP contribution in [0.1, 0.15) is 55.6 Å². The Morgan fingerprint density at radius 2 is 2.12 bits per heavy atom. The summed E-state index contributed by atoms with van der Waals surface area (Å²) in [5.41, 5.74) is 2.53. The van der Waals surface area contributed by atoms with Crippen LogP contribution in [0.3, 0.4) is 0 Å². The first-order valence-electron chi connectivity index (χ1n) is 6.44. The molecule has 0 saturated heterocycles. The lowest BCUT2D eigenvalue weighted by Gasteiger charge is -2.29. The van der Waals surface area contributed by atoms with Crippen molar-refractivity contribution in [1.29, 1.82) is 0 Å². The van der Waals surface area contributed by atoms with E-state index in [4.69, 9.17) is 4.74 Å². The highest BCUT2D eigenvalue weighted by molar-refractivity contribution is 5.78. The van der Waals surface area contributed by atoms with Crippen LogP contribution >= 0.6 is 0 Å². The van der Waals surface area contributed by atoms with E-state index in [-0.39, 0.29) is 11.9 Å². The van der Waals surface area contributed by atoms with Crippen LogP contribution in [0.5, 0.6) is 0 Å². The molecule has 0 aromatic heterocycles. The second kappa shape index (κ2) is 5.35. The number of hydrogen-bond donors (Lipinski definition) is 0. The predicted octanol–water partition coefficient (Wildman–Crippen LogP) is 3.62. The molecule has 2 heteroatoms. The van der Waals surface area contributed by atoms with Crippen molar-refractivity contribution >= 4 is 5.97 Å². The molecule has 1 aromatic carbocycles. The van der Waals surface area contributed by atoms with Gasteiger partial charge in [-0.2, -0.15) is 0 Å². The second-order valence-electron chi connectivity index (χ2n) is 4.74. The van der Waals surface area contributed by atoms with E-state index in [2.05, 4.69) is 18.2 Å². The summed E-state index contributed by atoms with van der Waals surface area (Å²) in [6.45, 7) is 2.04. The molecule has 1 aliphatic carbocycles. The zero-order valence-corrected chi connectivity index (χ0v) is 10.6. The fraction of sp³-hybridized carbons (Fsp3) is 0.533. The molecule has 1 unspecified atom stereocenters. The molecule has 1 fully saturated rings. The summed E-state index contributed by atoms with van der Waals surface area (Å²) in [6, 6.07) is 8.34. The number of methoxy groups -OCH3 is 1. The van der Waals surface area contributed by atoms with Crippen molar-refractivity contribution in [2.75, 3.05) is 7.11 Å². The van der Waals surface area contributed by atoms with Gasteiger partial charge in [-0.15, -0.1) is 0 Å². The van der Waals surface area contributed by atoms with Gasteiger partial charge in [-0.1, -0.05) is 37.6 Å². The molecular weight excluding hydrogens is 212 g/mol. The standard InChI is InChI=1S/C15H20O2/c1-3-12(15(16)17-2)14-10-5-4-9-13(14)11-7-6-8-11/h4-5,9-12H,3,6-8H2,1-2H3. The Morgan fingerprint density at radius 1 is 1.41 bits per heavy atom. The van der Waals surface area contributed by atoms with Crippen LogP contribution < -0.4 is 0 Å². The third-order valence-electron chi connectivity index (χ3n) is 3.81. The van der Waals surface area contributed by atoms with E-state index in [1.165, 1.54) is 37.5 Å². The monoisotopic (exact) mass is 232 g/mol. The van der Waals surface area contributed by atoms with Crippen LogP contribution in [-0.2, 0) is 9.53 Å². The minimum atomic E-state index is -0.112.